The van der Waals surface area contributed by atoms with E-state index in [-0.39, 0.29) is 19.0 Å². The highest BCUT2D eigenvalue weighted by Crippen LogP contribution is 2.38. The van der Waals surface area contributed by atoms with Gasteiger partial charge in [-0.1, -0.05) is 30.3 Å². The molecule has 0 fully saturated rings. The number of hydrogen-bond donors (Lipinski definition) is 2. The number of carbonyl (C=O) groups excluding carboxylic acids is 1. The van der Waals surface area contributed by atoms with Gasteiger partial charge in [0, 0.05) is 5.39 Å². The summed E-state index contributed by atoms with van der Waals surface area (Å²) in [5.74, 6) is 0.303. The van der Waals surface area contributed by atoms with Crippen molar-refractivity contribution in [3.05, 3.63) is 42.0 Å². The van der Waals surface area contributed by atoms with Crippen molar-refractivity contribution < 1.29 is 19.7 Å². The number of aliphatic hydroxyl groups excluding tert-OH is 2. The summed E-state index contributed by atoms with van der Waals surface area (Å²) in [6.07, 6.45) is 0.307. The van der Waals surface area contributed by atoms with Gasteiger partial charge in [0.15, 0.2) is 5.78 Å². The molecule has 20 heavy (non-hydrogen) atoms. The Morgan fingerprint density at radius 3 is 2.60 bits per heavy atom. The van der Waals surface area contributed by atoms with Crippen molar-refractivity contribution in [2.24, 2.45) is 5.41 Å². The summed E-state index contributed by atoms with van der Waals surface area (Å²) in [7, 11) is 0. The van der Waals surface area contributed by atoms with Crippen molar-refractivity contribution in [3.63, 3.8) is 0 Å². The van der Waals surface area contributed by atoms with Crippen molar-refractivity contribution in [2.75, 3.05) is 19.8 Å². The third-order valence-corrected chi connectivity index (χ3v) is 4.04. The average Bonchev–Trinajstić information content (AvgIpc) is 2.65. The van der Waals surface area contributed by atoms with Crippen LogP contribution in [0.1, 0.15) is 16.8 Å². The van der Waals surface area contributed by atoms with Crippen LogP contribution in [-0.2, 0) is 0 Å². The molecule has 2 aromatic carbocycles. The molecule has 0 spiro atoms. The molecule has 2 aromatic rings. The van der Waals surface area contributed by atoms with E-state index in [1.165, 1.54) is 0 Å². The van der Waals surface area contributed by atoms with Gasteiger partial charge in [0.05, 0.1) is 30.8 Å². The van der Waals surface area contributed by atoms with Gasteiger partial charge in [0.2, 0.25) is 0 Å². The quantitative estimate of drug-likeness (QED) is 0.874. The van der Waals surface area contributed by atoms with Crippen LogP contribution in [0.3, 0.4) is 0 Å². The summed E-state index contributed by atoms with van der Waals surface area (Å²) in [6, 6.07) is 11.3. The van der Waals surface area contributed by atoms with Gasteiger partial charge in [-0.3, -0.25) is 4.79 Å². The molecular weight excluding hydrogens is 256 g/mol. The van der Waals surface area contributed by atoms with Crippen LogP contribution in [0, 0.1) is 5.41 Å². The molecule has 0 atom stereocenters. The van der Waals surface area contributed by atoms with E-state index in [1.807, 2.05) is 30.3 Å². The number of ketones is 1. The fourth-order valence-corrected chi connectivity index (χ4v) is 2.68. The maximum Gasteiger partial charge on any atom is 0.177 e. The van der Waals surface area contributed by atoms with Gasteiger partial charge in [0.25, 0.3) is 0 Å². The van der Waals surface area contributed by atoms with E-state index < -0.39 is 5.41 Å². The van der Waals surface area contributed by atoms with E-state index in [2.05, 4.69) is 0 Å². The molecule has 0 unspecified atom stereocenters. The standard InChI is InChI=1S/C16H16O4/c17-9-16(10-18)7-8-20-14-12-4-2-1-3-11(12)5-6-13(14)15(16)19/h1-6,17-18H,7-10H2. The largest absolute Gasteiger partial charge is 0.492 e. The molecule has 0 aromatic heterocycles. The van der Waals surface area contributed by atoms with Crippen LogP contribution in [0.2, 0.25) is 0 Å². The second-order valence-electron chi connectivity index (χ2n) is 5.19. The minimum atomic E-state index is -1.15. The number of carbonyl (C=O) groups is 1. The molecule has 0 bridgehead atoms. The molecule has 0 radical (unpaired) electrons. The second kappa shape index (κ2) is 4.89. The minimum absolute atomic E-state index is 0.249. The van der Waals surface area contributed by atoms with E-state index in [0.717, 1.165) is 10.8 Å². The maximum atomic E-state index is 12.7. The highest BCUT2D eigenvalue weighted by atomic mass is 16.5. The van der Waals surface area contributed by atoms with Crippen LogP contribution < -0.4 is 4.74 Å². The summed E-state index contributed by atoms with van der Waals surface area (Å²) in [5, 5.41) is 21.0. The fourth-order valence-electron chi connectivity index (χ4n) is 2.68. The summed E-state index contributed by atoms with van der Waals surface area (Å²) in [4.78, 5) is 12.7. The average molecular weight is 272 g/mol. The predicted octanol–water partition coefficient (Wildman–Crippen LogP) is 1.78. The summed E-state index contributed by atoms with van der Waals surface area (Å²) < 4.78 is 5.75. The molecule has 0 amide bonds. The van der Waals surface area contributed by atoms with Crippen LogP contribution >= 0.6 is 0 Å². The molecule has 1 heterocycles. The normalized spacial score (nSPS) is 17.4. The van der Waals surface area contributed by atoms with Gasteiger partial charge in [0.1, 0.15) is 5.75 Å². The first kappa shape index (κ1) is 13.1. The number of hydrogen-bond acceptors (Lipinski definition) is 4. The number of rotatable bonds is 2. The van der Waals surface area contributed by atoms with Crippen LogP contribution in [0.25, 0.3) is 10.8 Å². The second-order valence-corrected chi connectivity index (χ2v) is 5.19. The van der Waals surface area contributed by atoms with Crippen molar-refractivity contribution in [1.82, 2.24) is 0 Å². The summed E-state index contributed by atoms with van der Waals surface area (Å²) in [6.45, 7) is -0.455. The molecule has 4 heteroatoms. The number of fused-ring (bicyclic) bond motifs is 3. The number of benzene rings is 2. The minimum Gasteiger partial charge on any atom is -0.492 e. The lowest BCUT2D eigenvalue weighted by Gasteiger charge is -2.25. The monoisotopic (exact) mass is 272 g/mol. The van der Waals surface area contributed by atoms with Crippen molar-refractivity contribution >= 4 is 16.6 Å². The van der Waals surface area contributed by atoms with E-state index in [4.69, 9.17) is 4.74 Å². The Morgan fingerprint density at radius 1 is 1.10 bits per heavy atom. The first-order valence-corrected chi connectivity index (χ1v) is 6.63. The van der Waals surface area contributed by atoms with Crippen LogP contribution in [-0.4, -0.2) is 35.8 Å². The van der Waals surface area contributed by atoms with Crippen LogP contribution in [0.5, 0.6) is 5.75 Å². The molecule has 4 nitrogen and oxygen atoms in total. The Kier molecular flexibility index (Phi) is 3.20. The highest BCUT2D eigenvalue weighted by molar-refractivity contribution is 6.08. The Labute approximate surface area is 116 Å². The number of aliphatic hydroxyl groups is 2. The lowest BCUT2D eigenvalue weighted by atomic mass is 9.79. The first-order valence-electron chi connectivity index (χ1n) is 6.63. The molecule has 3 rings (SSSR count). The van der Waals surface area contributed by atoms with E-state index in [1.54, 1.807) is 6.07 Å². The highest BCUT2D eigenvalue weighted by Gasteiger charge is 2.41. The zero-order valence-corrected chi connectivity index (χ0v) is 11.0. The Hall–Kier alpha value is -1.91. The first-order chi connectivity index (χ1) is 9.72. The van der Waals surface area contributed by atoms with Gasteiger partial charge >= 0.3 is 0 Å². The lowest BCUT2D eigenvalue weighted by molar-refractivity contribution is 0.0345. The molecule has 1 aliphatic rings. The Bertz CT molecular complexity index is 659. The number of Topliss-reactive ketones (excluding diaryl/α,β-unsaturated/α-hetero) is 1. The van der Waals surface area contributed by atoms with Gasteiger partial charge in [-0.2, -0.15) is 0 Å². The zero-order valence-electron chi connectivity index (χ0n) is 11.0. The van der Waals surface area contributed by atoms with Gasteiger partial charge in [-0.15, -0.1) is 0 Å². The zero-order chi connectivity index (χ0) is 14.2. The molecule has 0 saturated heterocycles. The number of ether oxygens (including phenoxy) is 1. The SMILES string of the molecule is O=C1c2ccc3ccccc3c2OCCC1(CO)CO. The predicted molar refractivity (Wildman–Crippen MR) is 75.0 cm³/mol. The molecule has 0 aliphatic carbocycles. The summed E-state index contributed by atoms with van der Waals surface area (Å²) >= 11 is 0. The molecular formula is C16H16O4. The molecule has 104 valence electrons. The molecule has 1 aliphatic heterocycles. The van der Waals surface area contributed by atoms with E-state index in [9.17, 15) is 15.0 Å². The third kappa shape index (κ3) is 1.80. The topological polar surface area (TPSA) is 66.8 Å². The maximum absolute atomic E-state index is 12.7. The van der Waals surface area contributed by atoms with Gasteiger partial charge in [-0.25, -0.2) is 0 Å². The van der Waals surface area contributed by atoms with Crippen molar-refractivity contribution in [1.29, 1.82) is 0 Å². The Balaban J connectivity index is 2.23. The fraction of sp³-hybridized carbons (Fsp3) is 0.312. The lowest BCUT2D eigenvalue weighted by Crippen LogP contribution is -2.38. The van der Waals surface area contributed by atoms with E-state index in [0.29, 0.717) is 24.3 Å². The van der Waals surface area contributed by atoms with Crippen LogP contribution in [0.4, 0.5) is 0 Å². The molecule has 0 saturated carbocycles. The van der Waals surface area contributed by atoms with Crippen molar-refractivity contribution in [3.8, 4) is 5.75 Å². The Morgan fingerprint density at radius 2 is 1.85 bits per heavy atom. The van der Waals surface area contributed by atoms with Crippen LogP contribution in [0.15, 0.2) is 36.4 Å². The third-order valence-electron chi connectivity index (χ3n) is 4.04. The van der Waals surface area contributed by atoms with Gasteiger partial charge in [-0.05, 0) is 17.9 Å². The smallest absolute Gasteiger partial charge is 0.177 e. The van der Waals surface area contributed by atoms with E-state index >= 15 is 0 Å². The van der Waals surface area contributed by atoms with Gasteiger partial charge < -0.3 is 14.9 Å². The van der Waals surface area contributed by atoms with Crippen molar-refractivity contribution in [2.45, 2.75) is 6.42 Å². The molecule has 2 N–H and O–H groups in total. The summed E-state index contributed by atoms with van der Waals surface area (Å²) in [5.41, 5.74) is -0.711.